The highest BCUT2D eigenvalue weighted by Crippen LogP contribution is 2.19. The molecular formula is C15H25N3O2. The van der Waals surface area contributed by atoms with E-state index in [1.807, 2.05) is 6.07 Å². The van der Waals surface area contributed by atoms with Crippen LogP contribution in [-0.2, 0) is 16.0 Å². The van der Waals surface area contributed by atoms with Crippen LogP contribution in [0, 0.1) is 0 Å². The summed E-state index contributed by atoms with van der Waals surface area (Å²) in [5.74, 6) is 0.995. The van der Waals surface area contributed by atoms with Crippen LogP contribution in [0.25, 0.3) is 0 Å². The number of nitrogens with zero attached hydrogens (tertiary/aromatic N) is 2. The van der Waals surface area contributed by atoms with Gasteiger partial charge in [-0.3, -0.25) is 0 Å². The molecule has 1 N–H and O–H groups in total. The molecule has 5 heteroatoms. The zero-order valence-corrected chi connectivity index (χ0v) is 12.5. The van der Waals surface area contributed by atoms with E-state index in [0.29, 0.717) is 19.3 Å². The molecule has 0 spiro atoms. The number of hydrogen-bond donors (Lipinski definition) is 1. The van der Waals surface area contributed by atoms with Gasteiger partial charge in [0.2, 0.25) is 0 Å². The smallest absolute Gasteiger partial charge is 0.129 e. The summed E-state index contributed by atoms with van der Waals surface area (Å²) in [4.78, 5) is 6.93. The minimum atomic E-state index is 0.690. The molecule has 20 heavy (non-hydrogen) atoms. The lowest BCUT2D eigenvalue weighted by atomic mass is 10.3. The molecule has 1 fully saturated rings. The van der Waals surface area contributed by atoms with Gasteiger partial charge in [-0.2, -0.15) is 0 Å². The summed E-state index contributed by atoms with van der Waals surface area (Å²) < 4.78 is 10.3. The summed E-state index contributed by atoms with van der Waals surface area (Å²) in [6, 6.07) is 6.90. The van der Waals surface area contributed by atoms with Gasteiger partial charge < -0.3 is 19.7 Å². The third kappa shape index (κ3) is 5.07. The van der Waals surface area contributed by atoms with Crippen LogP contribution in [0.2, 0.25) is 0 Å². The summed E-state index contributed by atoms with van der Waals surface area (Å²) in [6.07, 6.45) is 2.60. The molecule has 1 aliphatic rings. The number of pyridine rings is 1. The predicted octanol–water partition coefficient (Wildman–Crippen LogP) is 1.43. The molecule has 2 rings (SSSR count). The first-order chi connectivity index (χ1) is 9.83. The number of nitrogens with one attached hydrogen (secondary N) is 1. The minimum absolute atomic E-state index is 0.690. The first-order valence-corrected chi connectivity index (χ1v) is 7.25. The third-order valence-electron chi connectivity index (χ3n) is 3.40. The predicted molar refractivity (Wildman–Crippen MR) is 80.1 cm³/mol. The first kappa shape index (κ1) is 15.2. The molecule has 1 aromatic rings. The van der Waals surface area contributed by atoms with Crippen molar-refractivity contribution in [2.24, 2.45) is 0 Å². The van der Waals surface area contributed by atoms with Crippen molar-refractivity contribution < 1.29 is 9.47 Å². The van der Waals surface area contributed by atoms with E-state index in [1.54, 1.807) is 14.2 Å². The van der Waals surface area contributed by atoms with Crippen LogP contribution in [0.3, 0.4) is 0 Å². The highest BCUT2D eigenvalue weighted by Gasteiger charge is 2.20. The lowest BCUT2D eigenvalue weighted by molar-refractivity contribution is 0.190. The molecule has 0 amide bonds. The average Bonchev–Trinajstić information content (AvgIpc) is 3.30. The molecule has 0 bridgehead atoms. The summed E-state index contributed by atoms with van der Waals surface area (Å²) in [7, 11) is 3.44. The molecule has 1 aliphatic carbocycles. The first-order valence-electron chi connectivity index (χ1n) is 7.25. The van der Waals surface area contributed by atoms with Gasteiger partial charge in [0.1, 0.15) is 5.82 Å². The van der Waals surface area contributed by atoms with Crippen molar-refractivity contribution in [3.63, 3.8) is 0 Å². The summed E-state index contributed by atoms with van der Waals surface area (Å²) >= 11 is 0. The number of aromatic nitrogens is 1. The van der Waals surface area contributed by atoms with E-state index >= 15 is 0 Å². The monoisotopic (exact) mass is 279 g/mol. The second kappa shape index (κ2) is 8.19. The van der Waals surface area contributed by atoms with Gasteiger partial charge in [0.15, 0.2) is 0 Å². The summed E-state index contributed by atoms with van der Waals surface area (Å²) in [6.45, 7) is 3.88. The molecule has 0 saturated heterocycles. The minimum Gasteiger partial charge on any atom is -0.383 e. The van der Waals surface area contributed by atoms with Gasteiger partial charge >= 0.3 is 0 Å². The van der Waals surface area contributed by atoms with Crippen molar-refractivity contribution >= 4 is 5.82 Å². The highest BCUT2D eigenvalue weighted by atomic mass is 16.5. The maximum Gasteiger partial charge on any atom is 0.129 e. The maximum absolute atomic E-state index is 5.17. The van der Waals surface area contributed by atoms with Crippen LogP contribution in [0.1, 0.15) is 18.5 Å². The van der Waals surface area contributed by atoms with Crippen molar-refractivity contribution in [2.45, 2.75) is 25.4 Å². The van der Waals surface area contributed by atoms with Crippen molar-refractivity contribution in [3.05, 3.63) is 23.9 Å². The topological polar surface area (TPSA) is 46.6 Å². The van der Waals surface area contributed by atoms with Gasteiger partial charge in [0.25, 0.3) is 0 Å². The number of rotatable bonds is 10. The van der Waals surface area contributed by atoms with E-state index < -0.39 is 0 Å². The van der Waals surface area contributed by atoms with Gasteiger partial charge in [-0.1, -0.05) is 6.07 Å². The van der Waals surface area contributed by atoms with Gasteiger partial charge in [-0.25, -0.2) is 4.98 Å². The van der Waals surface area contributed by atoms with Crippen molar-refractivity contribution in [1.82, 2.24) is 10.3 Å². The zero-order valence-electron chi connectivity index (χ0n) is 12.5. The van der Waals surface area contributed by atoms with E-state index in [4.69, 9.17) is 14.5 Å². The van der Waals surface area contributed by atoms with E-state index in [1.165, 1.54) is 12.8 Å². The number of ether oxygens (including phenoxy) is 2. The number of hydrogen-bond acceptors (Lipinski definition) is 5. The molecule has 1 heterocycles. The molecule has 0 unspecified atom stereocenters. The lowest BCUT2D eigenvalue weighted by Crippen LogP contribution is -2.31. The molecule has 112 valence electrons. The fourth-order valence-electron chi connectivity index (χ4n) is 2.02. The summed E-state index contributed by atoms with van der Waals surface area (Å²) in [5, 5.41) is 3.49. The van der Waals surface area contributed by atoms with Crippen LogP contribution < -0.4 is 10.2 Å². The largest absolute Gasteiger partial charge is 0.383 e. The third-order valence-corrected chi connectivity index (χ3v) is 3.40. The average molecular weight is 279 g/mol. The standard InChI is InChI=1S/C15H25N3O2/c1-19-10-8-18(9-11-20-2)15-5-3-4-14(17-15)12-16-13-6-7-13/h3-5,13,16H,6-12H2,1-2H3. The molecule has 0 radical (unpaired) electrons. The van der Waals surface area contributed by atoms with Crippen molar-refractivity contribution in [2.75, 3.05) is 45.4 Å². The van der Waals surface area contributed by atoms with Crippen LogP contribution in [0.5, 0.6) is 0 Å². The Morgan fingerprint density at radius 1 is 1.20 bits per heavy atom. The molecule has 5 nitrogen and oxygen atoms in total. The zero-order chi connectivity index (χ0) is 14.2. The SMILES string of the molecule is COCCN(CCOC)c1cccc(CNC2CC2)n1. The Labute approximate surface area is 121 Å². The Hall–Kier alpha value is -1.17. The molecule has 1 aromatic heterocycles. The number of methoxy groups -OCH3 is 2. The Kier molecular flexibility index (Phi) is 6.24. The second-order valence-electron chi connectivity index (χ2n) is 5.11. The normalized spacial score (nSPS) is 14.5. The molecule has 0 atom stereocenters. The fourth-order valence-corrected chi connectivity index (χ4v) is 2.02. The van der Waals surface area contributed by atoms with Crippen LogP contribution in [-0.4, -0.2) is 51.5 Å². The molecule has 0 aliphatic heterocycles. The highest BCUT2D eigenvalue weighted by molar-refractivity contribution is 5.39. The quantitative estimate of drug-likeness (QED) is 0.702. The Morgan fingerprint density at radius 3 is 2.50 bits per heavy atom. The Bertz CT molecular complexity index is 388. The summed E-state index contributed by atoms with van der Waals surface area (Å²) in [5.41, 5.74) is 1.09. The molecule has 1 saturated carbocycles. The van der Waals surface area contributed by atoms with Crippen LogP contribution in [0.15, 0.2) is 18.2 Å². The van der Waals surface area contributed by atoms with E-state index in [-0.39, 0.29) is 0 Å². The van der Waals surface area contributed by atoms with E-state index in [9.17, 15) is 0 Å². The van der Waals surface area contributed by atoms with E-state index in [2.05, 4.69) is 22.3 Å². The van der Waals surface area contributed by atoms with Gasteiger partial charge in [0.05, 0.1) is 18.9 Å². The van der Waals surface area contributed by atoms with Gasteiger partial charge in [-0.15, -0.1) is 0 Å². The van der Waals surface area contributed by atoms with Crippen LogP contribution in [0.4, 0.5) is 5.82 Å². The lowest BCUT2D eigenvalue weighted by Gasteiger charge is -2.23. The van der Waals surface area contributed by atoms with Crippen LogP contribution >= 0.6 is 0 Å². The second-order valence-corrected chi connectivity index (χ2v) is 5.11. The fraction of sp³-hybridized carbons (Fsp3) is 0.667. The Morgan fingerprint density at radius 2 is 1.90 bits per heavy atom. The maximum atomic E-state index is 5.17. The van der Waals surface area contributed by atoms with Crippen molar-refractivity contribution in [1.29, 1.82) is 0 Å². The van der Waals surface area contributed by atoms with E-state index in [0.717, 1.165) is 31.1 Å². The Balaban J connectivity index is 1.95. The number of anilines is 1. The molecule has 0 aromatic carbocycles. The molecular weight excluding hydrogens is 254 g/mol. The van der Waals surface area contributed by atoms with Gasteiger partial charge in [-0.05, 0) is 25.0 Å². The van der Waals surface area contributed by atoms with Crippen molar-refractivity contribution in [3.8, 4) is 0 Å². The van der Waals surface area contributed by atoms with Gasteiger partial charge in [0, 0.05) is 39.9 Å².